The second kappa shape index (κ2) is 8.28. The molecule has 0 saturated carbocycles. The average Bonchev–Trinajstić information content (AvgIpc) is 2.74. The van der Waals surface area contributed by atoms with Crippen molar-refractivity contribution < 1.29 is 9.53 Å². The molecule has 154 valence electrons. The third-order valence-electron chi connectivity index (χ3n) is 5.30. The van der Waals surface area contributed by atoms with Gasteiger partial charge >= 0.3 is 0 Å². The van der Waals surface area contributed by atoms with Gasteiger partial charge in [-0.15, -0.1) is 0 Å². The third kappa shape index (κ3) is 4.36. The highest BCUT2D eigenvalue weighted by molar-refractivity contribution is 5.94. The van der Waals surface area contributed by atoms with E-state index >= 15 is 0 Å². The molecule has 0 aliphatic heterocycles. The highest BCUT2D eigenvalue weighted by Crippen LogP contribution is 2.40. The van der Waals surface area contributed by atoms with Crippen LogP contribution in [0.4, 0.5) is 0 Å². The van der Waals surface area contributed by atoms with E-state index in [1.54, 1.807) is 25.7 Å². The fourth-order valence-electron chi connectivity index (χ4n) is 3.87. The maximum absolute atomic E-state index is 12.9. The van der Waals surface area contributed by atoms with Crippen molar-refractivity contribution in [3.8, 4) is 11.5 Å². The molecular weight excluding hydrogens is 378 g/mol. The second-order valence-electron chi connectivity index (χ2n) is 8.39. The van der Waals surface area contributed by atoms with Crippen LogP contribution in [0.1, 0.15) is 53.5 Å². The normalized spacial score (nSPS) is 17.2. The molecule has 0 saturated heterocycles. The smallest absolute Gasteiger partial charge is 0.251 e. The molecule has 1 amide bonds. The molecule has 1 atom stereocenters. The van der Waals surface area contributed by atoms with Crippen LogP contribution < -0.4 is 5.32 Å². The van der Waals surface area contributed by atoms with Gasteiger partial charge in [-0.05, 0) is 36.0 Å². The number of methoxy groups -OCH3 is 1. The second-order valence-corrected chi connectivity index (χ2v) is 8.39. The summed E-state index contributed by atoms with van der Waals surface area (Å²) in [7, 11) is 1.65. The molecule has 7 heteroatoms. The lowest BCUT2D eigenvalue weighted by molar-refractivity contribution is 0.0919. The molecule has 0 radical (unpaired) electrons. The molecular formula is C23H25N5O2. The molecule has 0 spiro atoms. The number of hydrogen-bond acceptors (Lipinski definition) is 6. The Bertz CT molecular complexity index is 1040. The third-order valence-corrected chi connectivity index (χ3v) is 5.30. The van der Waals surface area contributed by atoms with Crippen LogP contribution in [-0.2, 0) is 17.8 Å². The molecule has 1 aromatic carbocycles. The van der Waals surface area contributed by atoms with Gasteiger partial charge in [-0.2, -0.15) is 0 Å². The van der Waals surface area contributed by atoms with Crippen molar-refractivity contribution in [3.05, 3.63) is 71.4 Å². The van der Waals surface area contributed by atoms with E-state index in [1.165, 1.54) is 0 Å². The average molecular weight is 403 g/mol. The van der Waals surface area contributed by atoms with E-state index in [0.29, 0.717) is 23.7 Å². The molecule has 0 bridgehead atoms. The number of fused-ring (bicyclic) bond motifs is 1. The number of nitrogens with one attached hydrogen (secondary N) is 1. The zero-order valence-electron chi connectivity index (χ0n) is 17.4. The van der Waals surface area contributed by atoms with Crippen LogP contribution >= 0.6 is 0 Å². The Morgan fingerprint density at radius 1 is 1.17 bits per heavy atom. The molecule has 2 heterocycles. The molecule has 7 nitrogen and oxygen atoms in total. The molecule has 30 heavy (non-hydrogen) atoms. The summed E-state index contributed by atoms with van der Waals surface area (Å²) < 4.78 is 5.13. The predicted molar refractivity (Wildman–Crippen MR) is 113 cm³/mol. The lowest BCUT2D eigenvalue weighted by atomic mass is 9.74. The predicted octanol–water partition coefficient (Wildman–Crippen LogP) is 3.52. The first-order valence-corrected chi connectivity index (χ1v) is 9.96. The first-order valence-electron chi connectivity index (χ1n) is 9.96. The van der Waals surface area contributed by atoms with Gasteiger partial charge in [0.25, 0.3) is 5.91 Å². The summed E-state index contributed by atoms with van der Waals surface area (Å²) >= 11 is 0. The number of amides is 1. The van der Waals surface area contributed by atoms with Crippen LogP contribution in [0, 0.1) is 5.41 Å². The number of nitrogens with zero attached hydrogens (tertiary/aromatic N) is 4. The summed E-state index contributed by atoms with van der Waals surface area (Å²) in [5.74, 6) is 0.448. The van der Waals surface area contributed by atoms with Crippen molar-refractivity contribution in [2.24, 2.45) is 5.41 Å². The number of hydrogen-bond donors (Lipinski definition) is 1. The van der Waals surface area contributed by atoms with Gasteiger partial charge in [0.2, 0.25) is 0 Å². The van der Waals surface area contributed by atoms with E-state index in [0.717, 1.165) is 29.7 Å². The lowest BCUT2D eigenvalue weighted by Gasteiger charge is -2.36. The Morgan fingerprint density at radius 3 is 2.67 bits per heavy atom. The highest BCUT2D eigenvalue weighted by Gasteiger charge is 2.34. The minimum absolute atomic E-state index is 0.00125. The minimum Gasteiger partial charge on any atom is -0.380 e. The summed E-state index contributed by atoms with van der Waals surface area (Å²) in [5, 5.41) is 3.18. The zero-order valence-corrected chi connectivity index (χ0v) is 17.4. The summed E-state index contributed by atoms with van der Waals surface area (Å²) in [5.41, 5.74) is 4.20. The van der Waals surface area contributed by atoms with E-state index in [9.17, 15) is 4.79 Å². The van der Waals surface area contributed by atoms with Gasteiger partial charge in [0.1, 0.15) is 5.69 Å². The summed E-state index contributed by atoms with van der Waals surface area (Å²) in [6.07, 6.45) is 8.36. The Kier molecular flexibility index (Phi) is 5.55. The quantitative estimate of drug-likeness (QED) is 0.701. The number of rotatable bonds is 5. The van der Waals surface area contributed by atoms with E-state index in [4.69, 9.17) is 9.72 Å². The fourth-order valence-corrected chi connectivity index (χ4v) is 3.87. The largest absolute Gasteiger partial charge is 0.380 e. The lowest BCUT2D eigenvalue weighted by Crippen LogP contribution is -2.37. The Balaban J connectivity index is 1.59. The van der Waals surface area contributed by atoms with Crippen molar-refractivity contribution in [1.29, 1.82) is 0 Å². The number of ether oxygens (including phenoxy) is 1. The number of benzene rings is 1. The van der Waals surface area contributed by atoms with Crippen molar-refractivity contribution in [2.45, 2.75) is 39.3 Å². The molecule has 1 unspecified atom stereocenters. The molecule has 0 fully saturated rings. The highest BCUT2D eigenvalue weighted by atomic mass is 16.5. The maximum atomic E-state index is 12.9. The van der Waals surface area contributed by atoms with Gasteiger partial charge in [0.15, 0.2) is 5.82 Å². The van der Waals surface area contributed by atoms with Crippen LogP contribution in [0.25, 0.3) is 11.5 Å². The summed E-state index contributed by atoms with van der Waals surface area (Å²) in [6.45, 7) is 4.91. The SMILES string of the molecule is COCc1ccc(C(=O)NC2CC(C)(C)Cc3nc(-c4cnccn4)ncc32)cc1. The summed E-state index contributed by atoms with van der Waals surface area (Å²) in [4.78, 5) is 30.5. The van der Waals surface area contributed by atoms with Crippen LogP contribution in [0.2, 0.25) is 0 Å². The van der Waals surface area contributed by atoms with E-state index in [1.807, 2.05) is 30.5 Å². The number of carbonyl (C=O) groups is 1. The van der Waals surface area contributed by atoms with Crippen molar-refractivity contribution in [3.63, 3.8) is 0 Å². The van der Waals surface area contributed by atoms with Crippen molar-refractivity contribution in [1.82, 2.24) is 25.3 Å². The van der Waals surface area contributed by atoms with Gasteiger partial charge in [-0.1, -0.05) is 26.0 Å². The number of carbonyl (C=O) groups excluding carboxylic acids is 1. The Labute approximate surface area is 176 Å². The van der Waals surface area contributed by atoms with Crippen molar-refractivity contribution in [2.75, 3.05) is 7.11 Å². The van der Waals surface area contributed by atoms with Gasteiger partial charge in [-0.25, -0.2) is 15.0 Å². The summed E-state index contributed by atoms with van der Waals surface area (Å²) in [6, 6.07) is 7.32. The molecule has 4 rings (SSSR count). The molecule has 1 aliphatic carbocycles. The van der Waals surface area contributed by atoms with E-state index < -0.39 is 0 Å². The Morgan fingerprint density at radius 2 is 1.97 bits per heavy atom. The standard InChI is InChI=1S/C23H25N5O2/c1-23(2)10-18-17(12-26-21(27-18)20-13-24-8-9-25-20)19(11-23)28-22(29)16-6-4-15(5-7-16)14-30-3/h4-9,12-13,19H,10-11,14H2,1-3H3,(H,28,29). The minimum atomic E-state index is -0.147. The van der Waals surface area contributed by atoms with Crippen LogP contribution in [0.15, 0.2) is 49.1 Å². The maximum Gasteiger partial charge on any atom is 0.251 e. The van der Waals surface area contributed by atoms with Crippen LogP contribution in [0.5, 0.6) is 0 Å². The topological polar surface area (TPSA) is 89.9 Å². The molecule has 1 N–H and O–H groups in total. The molecule has 3 aromatic rings. The monoisotopic (exact) mass is 403 g/mol. The van der Waals surface area contributed by atoms with Gasteiger partial charge in [0.05, 0.1) is 24.5 Å². The van der Waals surface area contributed by atoms with Gasteiger partial charge in [0, 0.05) is 36.8 Å². The number of aromatic nitrogens is 4. The first kappa shape index (κ1) is 20.1. The van der Waals surface area contributed by atoms with Crippen LogP contribution in [-0.4, -0.2) is 33.0 Å². The van der Waals surface area contributed by atoms with Crippen molar-refractivity contribution >= 4 is 5.91 Å². The van der Waals surface area contributed by atoms with Gasteiger partial charge in [-0.3, -0.25) is 9.78 Å². The van der Waals surface area contributed by atoms with E-state index in [2.05, 4.69) is 34.1 Å². The molecule has 2 aromatic heterocycles. The zero-order chi connectivity index (χ0) is 21.1. The van der Waals surface area contributed by atoms with Gasteiger partial charge < -0.3 is 10.1 Å². The fraction of sp³-hybridized carbons (Fsp3) is 0.348. The Hall–Kier alpha value is -3.19. The van der Waals surface area contributed by atoms with Crippen LogP contribution in [0.3, 0.4) is 0 Å². The first-order chi connectivity index (χ1) is 14.4. The molecule has 1 aliphatic rings. The van der Waals surface area contributed by atoms with E-state index in [-0.39, 0.29) is 17.4 Å².